The van der Waals surface area contributed by atoms with E-state index in [1.165, 1.54) is 96.3 Å². The molecule has 0 spiro atoms. The highest BCUT2D eigenvalue weighted by molar-refractivity contribution is 4.83. The molecule has 0 atom stereocenters. The molecule has 1 heteroatoms. The summed E-state index contributed by atoms with van der Waals surface area (Å²) in [6.07, 6.45) is 26.2. The molecule has 0 heterocycles. The van der Waals surface area contributed by atoms with E-state index in [0.717, 1.165) is 24.4 Å². The van der Waals surface area contributed by atoms with Crippen molar-refractivity contribution < 1.29 is 4.74 Å². The smallest absolute Gasteiger partial charge is 0.0575 e. The molecule has 25 heavy (non-hydrogen) atoms. The lowest BCUT2D eigenvalue weighted by Crippen LogP contribution is -2.28. The lowest BCUT2D eigenvalue weighted by molar-refractivity contribution is 0.00530. The van der Waals surface area contributed by atoms with E-state index in [1.807, 2.05) is 0 Å². The van der Waals surface area contributed by atoms with Crippen LogP contribution in [0.5, 0.6) is 0 Å². The molecule has 0 saturated heterocycles. The highest BCUT2D eigenvalue weighted by Gasteiger charge is 2.30. The maximum Gasteiger partial charge on any atom is 0.0575 e. The fraction of sp³-hybridized carbons (Fsp3) is 0.917. The van der Waals surface area contributed by atoms with Crippen molar-refractivity contribution in [3.8, 4) is 0 Å². The Morgan fingerprint density at radius 1 is 0.800 bits per heavy atom. The first-order valence-electron chi connectivity index (χ1n) is 11.6. The number of ether oxygens (including phenoxy) is 1. The van der Waals surface area contributed by atoms with E-state index in [4.69, 9.17) is 4.74 Å². The number of hydrogen-bond donors (Lipinski definition) is 0. The Kier molecular flexibility index (Phi) is 10.9. The fourth-order valence-corrected chi connectivity index (χ4v) is 5.14. The minimum Gasteiger partial charge on any atom is -0.378 e. The molecule has 2 aliphatic carbocycles. The van der Waals surface area contributed by atoms with Gasteiger partial charge in [0.25, 0.3) is 0 Å². The minimum atomic E-state index is 0.584. The summed E-state index contributed by atoms with van der Waals surface area (Å²) in [5, 5.41) is 0. The normalized spacial score (nSPS) is 30.8. The van der Waals surface area contributed by atoms with Crippen LogP contribution in [0.3, 0.4) is 0 Å². The molecule has 0 aromatic heterocycles. The van der Waals surface area contributed by atoms with Gasteiger partial charge in [-0.1, -0.05) is 57.6 Å². The van der Waals surface area contributed by atoms with E-state index < -0.39 is 0 Å². The molecule has 146 valence electrons. The van der Waals surface area contributed by atoms with Gasteiger partial charge in [0.15, 0.2) is 0 Å². The van der Waals surface area contributed by atoms with Crippen molar-refractivity contribution in [2.24, 2.45) is 17.8 Å². The Bertz CT molecular complexity index is 332. The van der Waals surface area contributed by atoms with E-state index >= 15 is 0 Å². The number of rotatable bonds is 11. The van der Waals surface area contributed by atoms with Crippen molar-refractivity contribution in [1.82, 2.24) is 0 Å². The summed E-state index contributed by atoms with van der Waals surface area (Å²) in [6.45, 7) is 5.42. The average molecular weight is 349 g/mol. The summed E-state index contributed by atoms with van der Waals surface area (Å²) in [6, 6.07) is 0. The third-order valence-corrected chi connectivity index (χ3v) is 6.85. The molecule has 2 fully saturated rings. The van der Waals surface area contributed by atoms with Crippen molar-refractivity contribution in [2.45, 2.75) is 116 Å². The molecule has 2 saturated carbocycles. The zero-order chi connectivity index (χ0) is 17.7. The van der Waals surface area contributed by atoms with Gasteiger partial charge in [-0.05, 0) is 82.5 Å². The topological polar surface area (TPSA) is 9.23 Å². The van der Waals surface area contributed by atoms with Crippen LogP contribution in [0.25, 0.3) is 0 Å². The Balaban J connectivity index is 1.53. The number of unbranched alkanes of at least 4 members (excludes halogenated alkanes) is 4. The van der Waals surface area contributed by atoms with E-state index in [-0.39, 0.29) is 0 Å². The first-order chi connectivity index (χ1) is 12.3. The molecule has 0 radical (unpaired) electrons. The second kappa shape index (κ2) is 13.0. The van der Waals surface area contributed by atoms with Gasteiger partial charge in [0, 0.05) is 6.61 Å². The third kappa shape index (κ3) is 8.29. The van der Waals surface area contributed by atoms with E-state index in [9.17, 15) is 0 Å². The highest BCUT2D eigenvalue weighted by Crippen LogP contribution is 2.41. The predicted molar refractivity (Wildman–Crippen MR) is 110 cm³/mol. The van der Waals surface area contributed by atoms with Gasteiger partial charge in [0.1, 0.15) is 0 Å². The Hall–Kier alpha value is -0.300. The van der Waals surface area contributed by atoms with E-state index in [2.05, 4.69) is 26.0 Å². The van der Waals surface area contributed by atoms with Gasteiger partial charge in [0.2, 0.25) is 0 Å². The van der Waals surface area contributed by atoms with Gasteiger partial charge >= 0.3 is 0 Å². The van der Waals surface area contributed by atoms with Crippen molar-refractivity contribution in [3.63, 3.8) is 0 Å². The van der Waals surface area contributed by atoms with Gasteiger partial charge in [-0.2, -0.15) is 0 Å². The summed E-state index contributed by atoms with van der Waals surface area (Å²) >= 11 is 0. The van der Waals surface area contributed by atoms with Gasteiger partial charge in [-0.15, -0.1) is 0 Å². The van der Waals surface area contributed by atoms with Gasteiger partial charge in [-0.3, -0.25) is 0 Å². The summed E-state index contributed by atoms with van der Waals surface area (Å²) in [4.78, 5) is 0. The molecule has 0 N–H and O–H groups in total. The third-order valence-electron chi connectivity index (χ3n) is 6.85. The summed E-state index contributed by atoms with van der Waals surface area (Å²) < 4.78 is 6.14. The Morgan fingerprint density at radius 3 is 2.12 bits per heavy atom. The van der Waals surface area contributed by atoms with Crippen LogP contribution in [0.4, 0.5) is 0 Å². The molecular formula is C24H44O. The SMILES string of the molecule is C/C=C\CCCC1CCC(C2CCC(OCCCCCC)CC2)CC1. The highest BCUT2D eigenvalue weighted by atomic mass is 16.5. The van der Waals surface area contributed by atoms with Gasteiger partial charge in [0.05, 0.1) is 6.10 Å². The van der Waals surface area contributed by atoms with Crippen LogP contribution in [-0.2, 0) is 4.74 Å². The van der Waals surface area contributed by atoms with Crippen LogP contribution in [0.15, 0.2) is 12.2 Å². The van der Waals surface area contributed by atoms with Crippen LogP contribution < -0.4 is 0 Å². The van der Waals surface area contributed by atoms with Crippen LogP contribution in [0, 0.1) is 17.8 Å². The first kappa shape index (κ1) is 21.0. The molecule has 0 bridgehead atoms. The summed E-state index contributed by atoms with van der Waals surface area (Å²) in [7, 11) is 0. The lowest BCUT2D eigenvalue weighted by Gasteiger charge is -2.38. The quantitative estimate of drug-likeness (QED) is 0.274. The molecule has 0 amide bonds. The number of hydrogen-bond acceptors (Lipinski definition) is 1. The zero-order valence-electron chi connectivity index (χ0n) is 17.2. The van der Waals surface area contributed by atoms with Crippen molar-refractivity contribution in [1.29, 1.82) is 0 Å². The van der Waals surface area contributed by atoms with Crippen LogP contribution in [0.2, 0.25) is 0 Å². The average Bonchev–Trinajstić information content (AvgIpc) is 2.66. The molecule has 0 unspecified atom stereocenters. The summed E-state index contributed by atoms with van der Waals surface area (Å²) in [5.74, 6) is 3.09. The molecule has 0 aromatic carbocycles. The van der Waals surface area contributed by atoms with Crippen LogP contribution >= 0.6 is 0 Å². The Morgan fingerprint density at radius 2 is 1.48 bits per heavy atom. The van der Waals surface area contributed by atoms with Gasteiger partial charge in [-0.25, -0.2) is 0 Å². The van der Waals surface area contributed by atoms with Crippen molar-refractivity contribution in [2.75, 3.05) is 6.61 Å². The second-order valence-corrected chi connectivity index (χ2v) is 8.75. The monoisotopic (exact) mass is 348 g/mol. The van der Waals surface area contributed by atoms with E-state index in [0.29, 0.717) is 6.10 Å². The van der Waals surface area contributed by atoms with Crippen LogP contribution in [-0.4, -0.2) is 12.7 Å². The predicted octanol–water partition coefficient (Wildman–Crippen LogP) is 7.69. The Labute approximate surface area is 158 Å². The second-order valence-electron chi connectivity index (χ2n) is 8.75. The zero-order valence-corrected chi connectivity index (χ0v) is 17.2. The molecule has 0 aromatic rings. The number of allylic oxidation sites excluding steroid dienone is 2. The standard InChI is InChI=1S/C24H44O/c1-3-5-7-9-11-21-12-14-22(15-13-21)23-16-18-24(19-17-23)25-20-10-8-6-4-2/h3,5,21-24H,4,6-20H2,1-2H3/b5-3-. The van der Waals surface area contributed by atoms with Gasteiger partial charge < -0.3 is 4.74 Å². The molecule has 0 aliphatic heterocycles. The lowest BCUT2D eigenvalue weighted by atomic mass is 9.70. The van der Waals surface area contributed by atoms with Crippen molar-refractivity contribution in [3.05, 3.63) is 12.2 Å². The molecular weight excluding hydrogens is 304 g/mol. The maximum atomic E-state index is 6.14. The first-order valence-corrected chi connectivity index (χ1v) is 11.6. The molecule has 2 aliphatic rings. The fourth-order valence-electron chi connectivity index (χ4n) is 5.14. The van der Waals surface area contributed by atoms with E-state index in [1.54, 1.807) is 0 Å². The van der Waals surface area contributed by atoms with Crippen LogP contribution in [0.1, 0.15) is 110 Å². The molecule has 2 rings (SSSR count). The van der Waals surface area contributed by atoms with Crippen molar-refractivity contribution >= 4 is 0 Å². The molecule has 1 nitrogen and oxygen atoms in total. The largest absolute Gasteiger partial charge is 0.378 e. The minimum absolute atomic E-state index is 0.584. The summed E-state index contributed by atoms with van der Waals surface area (Å²) in [5.41, 5.74) is 0. The maximum absolute atomic E-state index is 6.14.